The molecule has 178 valence electrons. The van der Waals surface area contributed by atoms with Crippen molar-refractivity contribution in [2.24, 2.45) is 11.8 Å². The Morgan fingerprint density at radius 2 is 1.88 bits per heavy atom. The molecule has 1 aliphatic heterocycles. The third-order valence-corrected chi connectivity index (χ3v) is 7.92. The lowest BCUT2D eigenvalue weighted by atomic mass is 9.77. The van der Waals surface area contributed by atoms with Crippen LogP contribution in [0.25, 0.3) is 11.0 Å². The predicted molar refractivity (Wildman–Crippen MR) is 129 cm³/mol. The molecule has 1 fully saturated rings. The van der Waals surface area contributed by atoms with Crippen LogP contribution >= 0.6 is 0 Å². The topological polar surface area (TPSA) is 67.2 Å². The molecule has 2 amide bonds. The van der Waals surface area contributed by atoms with E-state index >= 15 is 0 Å². The van der Waals surface area contributed by atoms with Crippen LogP contribution in [-0.4, -0.2) is 37.8 Å². The van der Waals surface area contributed by atoms with Crippen molar-refractivity contribution in [2.75, 3.05) is 0 Å². The number of para-hydroxylation sites is 2. The lowest BCUT2D eigenvalue weighted by Crippen LogP contribution is -2.65. The first-order chi connectivity index (χ1) is 16.3. The van der Waals surface area contributed by atoms with Crippen LogP contribution in [0.1, 0.15) is 56.2 Å². The molecule has 3 aromatic rings. The molecular weight excluding hydrogens is 431 g/mol. The predicted octanol–water partition coefficient (Wildman–Crippen LogP) is 4.53. The third kappa shape index (κ3) is 3.77. The summed E-state index contributed by atoms with van der Waals surface area (Å²) in [5, 5.41) is 3.30. The fourth-order valence-corrected chi connectivity index (χ4v) is 5.46. The van der Waals surface area contributed by atoms with E-state index in [0.717, 1.165) is 29.4 Å². The molecule has 2 aromatic carbocycles. The minimum Gasteiger partial charge on any atom is -0.351 e. The second kappa shape index (κ2) is 8.53. The van der Waals surface area contributed by atoms with Gasteiger partial charge in [-0.3, -0.25) is 9.59 Å². The zero-order valence-corrected chi connectivity index (χ0v) is 19.9. The van der Waals surface area contributed by atoms with Crippen molar-refractivity contribution >= 4 is 22.8 Å². The number of imidazole rings is 1. The molecule has 7 heteroatoms. The molecule has 0 radical (unpaired) electrons. The van der Waals surface area contributed by atoms with Crippen LogP contribution in [0.2, 0.25) is 0 Å². The van der Waals surface area contributed by atoms with Crippen LogP contribution < -0.4 is 5.32 Å². The van der Waals surface area contributed by atoms with Crippen molar-refractivity contribution in [3.63, 3.8) is 0 Å². The van der Waals surface area contributed by atoms with Gasteiger partial charge in [-0.2, -0.15) is 0 Å². The number of hydrogen-bond acceptors (Lipinski definition) is 3. The van der Waals surface area contributed by atoms with Gasteiger partial charge in [0.15, 0.2) is 5.82 Å². The van der Waals surface area contributed by atoms with Gasteiger partial charge >= 0.3 is 0 Å². The summed E-state index contributed by atoms with van der Waals surface area (Å²) in [6.07, 6.45) is 3.20. The molecule has 1 saturated carbocycles. The van der Waals surface area contributed by atoms with E-state index in [9.17, 15) is 14.0 Å². The molecule has 6 nitrogen and oxygen atoms in total. The first kappa shape index (κ1) is 22.6. The van der Waals surface area contributed by atoms with Crippen LogP contribution in [0.3, 0.4) is 0 Å². The van der Waals surface area contributed by atoms with E-state index in [4.69, 9.17) is 0 Å². The molecule has 0 unspecified atom stereocenters. The van der Waals surface area contributed by atoms with Crippen LogP contribution in [0.5, 0.6) is 0 Å². The number of aromatic nitrogens is 2. The zero-order chi connectivity index (χ0) is 24.0. The van der Waals surface area contributed by atoms with E-state index < -0.39 is 5.54 Å². The first-order valence-electron chi connectivity index (χ1n) is 12.1. The molecule has 2 aliphatic rings. The standard InChI is InChI=1S/C27H31FN4O2/c1-17-7-6-9-21(18(17)2)30-26(34)27(3)16-31-23-10-5-4-8-22(23)29-24(31)25(33)32(27)15-19-11-13-20(28)14-12-19/h4-5,8,10-14,17-18,21H,6-7,9,15-16H2,1-3H3,(H,30,34)/t17-,18-,21+,27-/m1/s1. The van der Waals surface area contributed by atoms with Crippen LogP contribution in [-0.2, 0) is 17.9 Å². The molecule has 1 N–H and O–H groups in total. The fourth-order valence-electron chi connectivity index (χ4n) is 5.46. The van der Waals surface area contributed by atoms with Gasteiger partial charge in [0.05, 0.1) is 17.6 Å². The summed E-state index contributed by atoms with van der Waals surface area (Å²) in [5.74, 6) is 0.451. The number of carbonyl (C=O) groups excluding carboxylic acids is 2. The van der Waals surface area contributed by atoms with Crippen molar-refractivity contribution in [1.82, 2.24) is 19.8 Å². The Hall–Kier alpha value is -3.22. The molecule has 0 spiro atoms. The second-order valence-electron chi connectivity index (χ2n) is 10.1. The molecule has 4 atom stereocenters. The number of nitrogens with zero attached hydrogens (tertiary/aromatic N) is 3. The maximum atomic E-state index is 13.9. The SMILES string of the molecule is C[C@@H]1[C@H](C)CCC[C@@H]1NC(=O)[C@@]1(C)Cn2c(nc3ccccc32)C(=O)N1Cc1ccc(F)cc1. The van der Waals surface area contributed by atoms with Gasteiger partial charge < -0.3 is 14.8 Å². The van der Waals surface area contributed by atoms with Crippen molar-refractivity contribution in [3.05, 3.63) is 65.7 Å². The van der Waals surface area contributed by atoms with Crippen molar-refractivity contribution in [3.8, 4) is 0 Å². The number of halogens is 1. The average Bonchev–Trinajstić information content (AvgIpc) is 3.19. The van der Waals surface area contributed by atoms with E-state index in [2.05, 4.69) is 24.1 Å². The molecule has 0 bridgehead atoms. The summed E-state index contributed by atoms with van der Waals surface area (Å²) >= 11 is 0. The highest BCUT2D eigenvalue weighted by atomic mass is 19.1. The number of rotatable bonds is 4. The molecule has 5 rings (SSSR count). The van der Waals surface area contributed by atoms with Gasteiger partial charge in [-0.15, -0.1) is 0 Å². The Bertz CT molecular complexity index is 1240. The molecule has 2 heterocycles. The van der Waals surface area contributed by atoms with Gasteiger partial charge in [-0.25, -0.2) is 9.37 Å². The van der Waals surface area contributed by atoms with E-state index in [1.54, 1.807) is 17.0 Å². The first-order valence-corrected chi connectivity index (χ1v) is 12.1. The average molecular weight is 463 g/mol. The van der Waals surface area contributed by atoms with Crippen LogP contribution in [0, 0.1) is 17.7 Å². The maximum absolute atomic E-state index is 13.9. The number of amides is 2. The van der Waals surface area contributed by atoms with Gasteiger partial charge in [0, 0.05) is 12.6 Å². The minimum atomic E-state index is -1.12. The second-order valence-corrected chi connectivity index (χ2v) is 10.1. The summed E-state index contributed by atoms with van der Waals surface area (Å²) < 4.78 is 15.4. The Morgan fingerprint density at radius 1 is 1.15 bits per heavy atom. The van der Waals surface area contributed by atoms with E-state index in [-0.39, 0.29) is 30.2 Å². The lowest BCUT2D eigenvalue weighted by molar-refractivity contribution is -0.134. The van der Waals surface area contributed by atoms with Gasteiger partial charge in [0.25, 0.3) is 5.91 Å². The summed E-state index contributed by atoms with van der Waals surface area (Å²) in [5.41, 5.74) is 1.21. The quantitative estimate of drug-likeness (QED) is 0.619. The largest absolute Gasteiger partial charge is 0.351 e. The normalized spacial score (nSPS) is 27.0. The van der Waals surface area contributed by atoms with Gasteiger partial charge in [-0.1, -0.05) is 51.0 Å². The highest BCUT2D eigenvalue weighted by Gasteiger charge is 2.49. The Balaban J connectivity index is 1.54. The van der Waals surface area contributed by atoms with Crippen molar-refractivity contribution < 1.29 is 14.0 Å². The number of carbonyl (C=O) groups is 2. The van der Waals surface area contributed by atoms with E-state index in [0.29, 0.717) is 24.2 Å². The maximum Gasteiger partial charge on any atom is 0.291 e. The Labute approximate surface area is 199 Å². The number of nitrogens with one attached hydrogen (secondary N) is 1. The monoisotopic (exact) mass is 462 g/mol. The summed E-state index contributed by atoms with van der Waals surface area (Å²) in [6, 6.07) is 13.8. The van der Waals surface area contributed by atoms with E-state index in [1.807, 2.05) is 35.8 Å². The molecule has 1 aromatic heterocycles. The zero-order valence-electron chi connectivity index (χ0n) is 19.9. The van der Waals surface area contributed by atoms with Crippen molar-refractivity contribution in [2.45, 2.75) is 64.7 Å². The number of hydrogen-bond donors (Lipinski definition) is 1. The summed E-state index contributed by atoms with van der Waals surface area (Å²) in [4.78, 5) is 33.9. The summed E-state index contributed by atoms with van der Waals surface area (Å²) in [7, 11) is 0. The van der Waals surface area contributed by atoms with Crippen LogP contribution in [0.15, 0.2) is 48.5 Å². The molecule has 1 aliphatic carbocycles. The van der Waals surface area contributed by atoms with Crippen LogP contribution in [0.4, 0.5) is 4.39 Å². The highest BCUT2D eigenvalue weighted by Crippen LogP contribution is 2.34. The molecule has 34 heavy (non-hydrogen) atoms. The smallest absolute Gasteiger partial charge is 0.291 e. The molecule has 0 saturated heterocycles. The van der Waals surface area contributed by atoms with E-state index in [1.165, 1.54) is 18.6 Å². The van der Waals surface area contributed by atoms with Gasteiger partial charge in [0.1, 0.15) is 11.4 Å². The highest BCUT2D eigenvalue weighted by molar-refractivity contribution is 6.01. The third-order valence-electron chi connectivity index (χ3n) is 7.92. The van der Waals surface area contributed by atoms with Gasteiger partial charge in [0.2, 0.25) is 5.91 Å². The minimum absolute atomic E-state index is 0.0803. The number of fused-ring (bicyclic) bond motifs is 3. The van der Waals surface area contributed by atoms with Gasteiger partial charge in [-0.05, 0) is 55.0 Å². The summed E-state index contributed by atoms with van der Waals surface area (Å²) in [6.45, 7) is 6.76. The van der Waals surface area contributed by atoms with Crippen molar-refractivity contribution in [1.29, 1.82) is 0 Å². The number of benzene rings is 2. The molecular formula is C27H31FN4O2. The Kier molecular flexibility index (Phi) is 5.66. The fraction of sp³-hybridized carbons (Fsp3) is 0.444. The lowest BCUT2D eigenvalue weighted by Gasteiger charge is -2.45. The Morgan fingerprint density at radius 3 is 2.65 bits per heavy atom.